The second-order valence-electron chi connectivity index (χ2n) is 3.61. The topological polar surface area (TPSA) is 78.2 Å². The van der Waals surface area contributed by atoms with E-state index in [1.54, 1.807) is 6.26 Å². The first-order valence-corrected chi connectivity index (χ1v) is 7.66. The number of halogens is 3. The van der Waals surface area contributed by atoms with Crippen LogP contribution in [0.1, 0.15) is 0 Å². The van der Waals surface area contributed by atoms with Crippen LogP contribution in [-0.4, -0.2) is 21.1 Å². The van der Waals surface area contributed by atoms with Crippen LogP contribution in [0.25, 0.3) is 0 Å². The Bertz CT molecular complexity index is 691. The lowest BCUT2D eigenvalue weighted by Gasteiger charge is -2.09. The summed E-state index contributed by atoms with van der Waals surface area (Å²) < 4.78 is 5.46. The third-order valence-corrected chi connectivity index (χ3v) is 3.54. The first kappa shape index (κ1) is 16.1. The van der Waals surface area contributed by atoms with Crippen LogP contribution in [0.4, 0.5) is 5.69 Å². The Morgan fingerprint density at radius 1 is 1.19 bits per heavy atom. The zero-order valence-electron chi connectivity index (χ0n) is 10.3. The number of hydrogen-bond acceptors (Lipinski definition) is 6. The van der Waals surface area contributed by atoms with E-state index in [4.69, 9.17) is 39.5 Å². The fourth-order valence-electron chi connectivity index (χ4n) is 1.37. The highest BCUT2D eigenvalue weighted by Gasteiger charge is 2.17. The van der Waals surface area contributed by atoms with Crippen LogP contribution in [0, 0.1) is 10.1 Å². The van der Waals surface area contributed by atoms with Crippen molar-refractivity contribution in [3.8, 4) is 11.6 Å². The fourth-order valence-corrected chi connectivity index (χ4v) is 2.52. The highest BCUT2D eigenvalue weighted by Crippen LogP contribution is 2.39. The van der Waals surface area contributed by atoms with Crippen LogP contribution in [0.5, 0.6) is 11.6 Å². The normalized spacial score (nSPS) is 10.5. The molecule has 0 amide bonds. The van der Waals surface area contributed by atoms with Gasteiger partial charge in [0.25, 0.3) is 5.69 Å². The van der Waals surface area contributed by atoms with Gasteiger partial charge in [-0.05, 0) is 6.26 Å². The Hall–Kier alpha value is -1.28. The number of aromatic nitrogens is 2. The summed E-state index contributed by atoms with van der Waals surface area (Å²) in [5.74, 6) is 0.197. The van der Waals surface area contributed by atoms with E-state index in [-0.39, 0.29) is 32.5 Å². The molecule has 10 heteroatoms. The van der Waals surface area contributed by atoms with Crippen molar-refractivity contribution < 1.29 is 9.66 Å². The van der Waals surface area contributed by atoms with Gasteiger partial charge in [-0.15, -0.1) is 0 Å². The molecular formula is C11H6Cl3N3O3S. The minimum Gasteiger partial charge on any atom is -0.436 e. The van der Waals surface area contributed by atoms with Crippen molar-refractivity contribution in [1.82, 2.24) is 9.97 Å². The van der Waals surface area contributed by atoms with Crippen LogP contribution in [0.15, 0.2) is 23.4 Å². The number of hydrogen-bond donors (Lipinski definition) is 0. The van der Waals surface area contributed by atoms with Gasteiger partial charge in [0.2, 0.25) is 5.88 Å². The quantitative estimate of drug-likeness (QED) is 0.253. The van der Waals surface area contributed by atoms with E-state index < -0.39 is 4.92 Å². The standard InChI is InChI=1S/C11H6Cl3N3O3S/c1-21-11-15-8(14)4-9(16-11)20-10-6(12)2-5(17(18)19)3-7(10)13/h2-4H,1H3. The first-order valence-electron chi connectivity index (χ1n) is 5.30. The van der Waals surface area contributed by atoms with Gasteiger partial charge < -0.3 is 4.74 Å². The van der Waals surface area contributed by atoms with E-state index >= 15 is 0 Å². The molecule has 2 aromatic rings. The molecule has 6 nitrogen and oxygen atoms in total. The van der Waals surface area contributed by atoms with Gasteiger partial charge in [0.05, 0.1) is 15.0 Å². The van der Waals surface area contributed by atoms with Crippen LogP contribution in [0.2, 0.25) is 15.2 Å². The van der Waals surface area contributed by atoms with Gasteiger partial charge in [-0.3, -0.25) is 10.1 Å². The van der Waals surface area contributed by atoms with E-state index in [0.29, 0.717) is 5.16 Å². The maximum atomic E-state index is 10.7. The first-order chi connectivity index (χ1) is 9.90. The van der Waals surface area contributed by atoms with Crippen molar-refractivity contribution in [3.63, 3.8) is 0 Å². The van der Waals surface area contributed by atoms with Crippen LogP contribution < -0.4 is 4.74 Å². The minimum atomic E-state index is -0.602. The molecule has 0 bridgehead atoms. The molecule has 0 unspecified atom stereocenters. The number of non-ortho nitro benzene ring substituents is 1. The van der Waals surface area contributed by atoms with E-state index in [1.165, 1.54) is 17.8 Å². The molecule has 2 rings (SSSR count). The largest absolute Gasteiger partial charge is 0.436 e. The number of nitro groups is 1. The summed E-state index contributed by atoms with van der Waals surface area (Å²) in [6.45, 7) is 0. The maximum absolute atomic E-state index is 10.7. The number of benzene rings is 1. The van der Waals surface area contributed by atoms with Crippen molar-refractivity contribution in [2.75, 3.05) is 6.26 Å². The van der Waals surface area contributed by atoms with Gasteiger partial charge in [0.15, 0.2) is 10.9 Å². The van der Waals surface area contributed by atoms with Crippen molar-refractivity contribution in [3.05, 3.63) is 43.5 Å². The lowest BCUT2D eigenvalue weighted by Crippen LogP contribution is -1.95. The highest BCUT2D eigenvalue weighted by atomic mass is 35.5. The molecule has 0 aliphatic rings. The summed E-state index contributed by atoms with van der Waals surface area (Å²) in [5, 5.41) is 11.3. The van der Waals surface area contributed by atoms with Crippen molar-refractivity contribution in [1.29, 1.82) is 0 Å². The summed E-state index contributed by atoms with van der Waals surface area (Å²) in [4.78, 5) is 18.1. The molecule has 0 N–H and O–H groups in total. The Morgan fingerprint density at radius 2 is 1.81 bits per heavy atom. The molecular weight excluding hydrogens is 361 g/mol. The number of thioether (sulfide) groups is 1. The minimum absolute atomic E-state index is 0.00497. The molecule has 110 valence electrons. The number of rotatable bonds is 4. The summed E-state index contributed by atoms with van der Waals surface area (Å²) in [6, 6.07) is 3.66. The zero-order valence-corrected chi connectivity index (χ0v) is 13.4. The van der Waals surface area contributed by atoms with Crippen LogP contribution in [0.3, 0.4) is 0 Å². The number of ether oxygens (including phenoxy) is 1. The molecule has 1 heterocycles. The lowest BCUT2D eigenvalue weighted by atomic mass is 10.3. The van der Waals surface area contributed by atoms with Gasteiger partial charge in [0.1, 0.15) is 5.15 Å². The second kappa shape index (κ2) is 6.65. The molecule has 0 aliphatic heterocycles. The summed E-state index contributed by atoms with van der Waals surface area (Å²) in [5.41, 5.74) is -0.233. The Labute approximate surface area is 138 Å². The predicted molar refractivity (Wildman–Crippen MR) is 82.0 cm³/mol. The second-order valence-corrected chi connectivity index (χ2v) is 5.59. The van der Waals surface area contributed by atoms with Crippen molar-refractivity contribution in [2.45, 2.75) is 5.16 Å². The predicted octanol–water partition coefficient (Wildman–Crippen LogP) is 4.86. The molecule has 0 atom stereocenters. The van der Waals surface area contributed by atoms with Crippen molar-refractivity contribution in [2.24, 2.45) is 0 Å². The number of nitro benzene ring substituents is 1. The maximum Gasteiger partial charge on any atom is 0.272 e. The third-order valence-electron chi connectivity index (χ3n) is 2.23. The van der Waals surface area contributed by atoms with E-state index in [9.17, 15) is 10.1 Å². The average Bonchev–Trinajstić information content (AvgIpc) is 2.41. The molecule has 0 saturated carbocycles. The fraction of sp³-hybridized carbons (Fsp3) is 0.0909. The van der Waals surface area contributed by atoms with Gasteiger partial charge >= 0.3 is 0 Å². The molecule has 1 aromatic heterocycles. The van der Waals surface area contributed by atoms with Gasteiger partial charge in [-0.1, -0.05) is 46.6 Å². The molecule has 0 spiro atoms. The van der Waals surface area contributed by atoms with Crippen LogP contribution in [-0.2, 0) is 0 Å². The average molecular weight is 367 g/mol. The third kappa shape index (κ3) is 3.88. The van der Waals surface area contributed by atoms with E-state index in [2.05, 4.69) is 9.97 Å². The highest BCUT2D eigenvalue weighted by molar-refractivity contribution is 7.98. The zero-order chi connectivity index (χ0) is 15.6. The molecule has 1 aromatic carbocycles. The monoisotopic (exact) mass is 365 g/mol. The van der Waals surface area contributed by atoms with Crippen LogP contribution >= 0.6 is 46.6 Å². The molecule has 0 aliphatic carbocycles. The molecule has 0 radical (unpaired) electrons. The Balaban J connectivity index is 2.40. The van der Waals surface area contributed by atoms with Gasteiger partial charge in [-0.2, -0.15) is 4.98 Å². The number of nitrogens with zero attached hydrogens (tertiary/aromatic N) is 3. The van der Waals surface area contributed by atoms with E-state index in [0.717, 1.165) is 12.1 Å². The van der Waals surface area contributed by atoms with Crippen molar-refractivity contribution >= 4 is 52.3 Å². The lowest BCUT2D eigenvalue weighted by molar-refractivity contribution is -0.384. The molecule has 0 saturated heterocycles. The smallest absolute Gasteiger partial charge is 0.272 e. The molecule has 21 heavy (non-hydrogen) atoms. The summed E-state index contributed by atoms with van der Waals surface area (Å²) in [7, 11) is 0. The Kier molecular flexibility index (Phi) is 5.10. The summed E-state index contributed by atoms with van der Waals surface area (Å²) in [6.07, 6.45) is 1.78. The Morgan fingerprint density at radius 3 is 2.33 bits per heavy atom. The SMILES string of the molecule is CSc1nc(Cl)cc(Oc2c(Cl)cc([N+](=O)[O-])cc2Cl)n1. The van der Waals surface area contributed by atoms with E-state index in [1.807, 2.05) is 0 Å². The summed E-state index contributed by atoms with van der Waals surface area (Å²) >= 11 is 19.0. The molecule has 0 fully saturated rings. The van der Waals surface area contributed by atoms with Gasteiger partial charge in [0, 0.05) is 18.2 Å². The van der Waals surface area contributed by atoms with Gasteiger partial charge in [-0.25, -0.2) is 4.98 Å².